The van der Waals surface area contributed by atoms with Gasteiger partial charge in [-0.2, -0.15) is 0 Å². The number of hydrogen-bond donors (Lipinski definition) is 0. The van der Waals surface area contributed by atoms with Gasteiger partial charge in [0.05, 0.1) is 12.8 Å². The molecule has 31 heavy (non-hydrogen) atoms. The molecule has 0 N–H and O–H groups in total. The normalized spacial score (nSPS) is 14.8. The summed E-state index contributed by atoms with van der Waals surface area (Å²) in [6.45, 7) is 1.63. The summed E-state index contributed by atoms with van der Waals surface area (Å²) in [7, 11) is 1.66. The first-order valence-electron chi connectivity index (χ1n) is 10.7. The summed E-state index contributed by atoms with van der Waals surface area (Å²) < 4.78 is 7.17. The molecule has 1 amide bonds. The molecule has 2 aromatic carbocycles. The van der Waals surface area contributed by atoms with E-state index in [1.165, 1.54) is 16.9 Å². The third-order valence-electron chi connectivity index (χ3n) is 6.08. The molecular weight excluding hydrogens is 406 g/mol. The van der Waals surface area contributed by atoms with Crippen LogP contribution in [0.25, 0.3) is 16.2 Å². The van der Waals surface area contributed by atoms with Gasteiger partial charge >= 0.3 is 0 Å². The second-order valence-electron chi connectivity index (χ2n) is 8.05. The predicted octanol–water partition coefficient (Wildman–Crippen LogP) is 5.17. The lowest BCUT2D eigenvalue weighted by Gasteiger charge is -2.32. The first kappa shape index (κ1) is 19.8. The van der Waals surface area contributed by atoms with Gasteiger partial charge in [0.25, 0.3) is 5.91 Å². The first-order chi connectivity index (χ1) is 15.2. The molecule has 0 aliphatic carbocycles. The van der Waals surface area contributed by atoms with E-state index in [1.54, 1.807) is 7.11 Å². The van der Waals surface area contributed by atoms with Crippen molar-refractivity contribution in [2.45, 2.75) is 19.3 Å². The minimum absolute atomic E-state index is 0.100. The molecule has 0 unspecified atom stereocenters. The molecular formula is C25H25N3O2S. The van der Waals surface area contributed by atoms with Gasteiger partial charge in [-0.25, -0.2) is 4.98 Å². The fraction of sp³-hybridized carbons (Fsp3) is 0.280. The van der Waals surface area contributed by atoms with Crippen LogP contribution in [0.2, 0.25) is 0 Å². The molecule has 4 aromatic rings. The SMILES string of the molecule is COc1ccc(-c2cn3c(C(=O)N4CCC(Cc5ccccc5)CC4)csc3n2)cc1. The third-order valence-corrected chi connectivity index (χ3v) is 6.92. The van der Waals surface area contributed by atoms with E-state index in [-0.39, 0.29) is 5.91 Å². The van der Waals surface area contributed by atoms with Crippen molar-refractivity contribution in [3.05, 3.63) is 77.4 Å². The molecule has 0 spiro atoms. The highest BCUT2D eigenvalue weighted by atomic mass is 32.1. The number of carbonyl (C=O) groups excluding carboxylic acids is 1. The van der Waals surface area contributed by atoms with Gasteiger partial charge in [0.1, 0.15) is 11.4 Å². The molecule has 1 saturated heterocycles. The van der Waals surface area contributed by atoms with E-state index in [2.05, 4.69) is 30.3 Å². The van der Waals surface area contributed by atoms with Gasteiger partial charge in [-0.15, -0.1) is 11.3 Å². The molecule has 0 radical (unpaired) electrons. The van der Waals surface area contributed by atoms with Crippen LogP contribution in [0.5, 0.6) is 5.75 Å². The average Bonchev–Trinajstić information content (AvgIpc) is 3.41. The lowest BCUT2D eigenvalue weighted by molar-refractivity contribution is 0.0684. The Morgan fingerprint density at radius 2 is 1.84 bits per heavy atom. The first-order valence-corrected chi connectivity index (χ1v) is 11.5. The molecule has 1 aliphatic rings. The number of methoxy groups -OCH3 is 1. The Labute approximate surface area is 185 Å². The Kier molecular flexibility index (Phi) is 5.47. The van der Waals surface area contributed by atoms with Crippen LogP contribution in [0.3, 0.4) is 0 Å². The van der Waals surface area contributed by atoms with Gasteiger partial charge < -0.3 is 9.64 Å². The zero-order valence-corrected chi connectivity index (χ0v) is 18.3. The van der Waals surface area contributed by atoms with Crippen LogP contribution in [-0.4, -0.2) is 40.4 Å². The molecule has 158 valence electrons. The number of amides is 1. The maximum Gasteiger partial charge on any atom is 0.271 e. The minimum Gasteiger partial charge on any atom is -0.497 e. The van der Waals surface area contributed by atoms with Crippen molar-refractivity contribution >= 4 is 22.2 Å². The van der Waals surface area contributed by atoms with Crippen LogP contribution >= 0.6 is 11.3 Å². The predicted molar refractivity (Wildman–Crippen MR) is 124 cm³/mol. The zero-order chi connectivity index (χ0) is 21.2. The number of benzene rings is 2. The molecule has 3 heterocycles. The lowest BCUT2D eigenvalue weighted by Crippen LogP contribution is -2.39. The number of thiazole rings is 1. The summed E-state index contributed by atoms with van der Waals surface area (Å²) in [6, 6.07) is 18.5. The molecule has 0 saturated carbocycles. The Bertz CT molecular complexity index is 1170. The smallest absolute Gasteiger partial charge is 0.271 e. The molecule has 5 nitrogen and oxygen atoms in total. The Morgan fingerprint density at radius 3 is 2.55 bits per heavy atom. The van der Waals surface area contributed by atoms with Crippen molar-refractivity contribution in [1.82, 2.24) is 14.3 Å². The monoisotopic (exact) mass is 431 g/mol. The lowest BCUT2D eigenvalue weighted by atomic mass is 9.90. The third kappa shape index (κ3) is 4.08. The summed E-state index contributed by atoms with van der Waals surface area (Å²) >= 11 is 1.51. The van der Waals surface area contributed by atoms with E-state index in [0.717, 1.165) is 54.3 Å². The summed E-state index contributed by atoms with van der Waals surface area (Å²) in [5.41, 5.74) is 3.96. The largest absolute Gasteiger partial charge is 0.497 e. The van der Waals surface area contributed by atoms with E-state index in [4.69, 9.17) is 9.72 Å². The van der Waals surface area contributed by atoms with E-state index in [9.17, 15) is 4.79 Å². The second-order valence-corrected chi connectivity index (χ2v) is 8.89. The van der Waals surface area contributed by atoms with Crippen molar-refractivity contribution in [2.75, 3.05) is 20.2 Å². The number of piperidine rings is 1. The Morgan fingerprint density at radius 1 is 1.10 bits per heavy atom. The van der Waals surface area contributed by atoms with E-state index in [0.29, 0.717) is 11.6 Å². The van der Waals surface area contributed by atoms with Crippen LogP contribution in [0.4, 0.5) is 0 Å². The van der Waals surface area contributed by atoms with Crippen LogP contribution in [0.15, 0.2) is 66.2 Å². The summed E-state index contributed by atoms with van der Waals surface area (Å²) in [5, 5.41) is 1.93. The molecule has 1 aliphatic heterocycles. The molecule has 2 aromatic heterocycles. The van der Waals surface area contributed by atoms with Gasteiger partial charge in [-0.1, -0.05) is 30.3 Å². The standard InChI is InChI=1S/C25H25N3O2S/c1-30-21-9-7-20(8-10-21)22-16-28-23(17-31-25(28)26-22)24(29)27-13-11-19(12-14-27)15-18-5-3-2-4-6-18/h2-10,16-17,19H,11-15H2,1H3. The number of imidazole rings is 1. The number of fused-ring (bicyclic) bond motifs is 1. The number of ether oxygens (including phenoxy) is 1. The van der Waals surface area contributed by atoms with Gasteiger partial charge in [-0.05, 0) is 55.0 Å². The number of aromatic nitrogens is 2. The molecule has 6 heteroatoms. The van der Waals surface area contributed by atoms with E-state index >= 15 is 0 Å². The number of rotatable bonds is 5. The van der Waals surface area contributed by atoms with Crippen LogP contribution in [0.1, 0.15) is 28.9 Å². The highest BCUT2D eigenvalue weighted by Crippen LogP contribution is 2.27. The van der Waals surface area contributed by atoms with Crippen LogP contribution in [0, 0.1) is 5.92 Å². The van der Waals surface area contributed by atoms with Crippen LogP contribution < -0.4 is 4.74 Å². The van der Waals surface area contributed by atoms with Crippen molar-refractivity contribution in [1.29, 1.82) is 0 Å². The maximum atomic E-state index is 13.2. The maximum absolute atomic E-state index is 13.2. The van der Waals surface area contributed by atoms with E-state index in [1.807, 2.05) is 45.1 Å². The van der Waals surface area contributed by atoms with Crippen molar-refractivity contribution in [3.8, 4) is 17.0 Å². The number of carbonyl (C=O) groups is 1. The average molecular weight is 432 g/mol. The highest BCUT2D eigenvalue weighted by molar-refractivity contribution is 7.15. The topological polar surface area (TPSA) is 46.8 Å². The Balaban J connectivity index is 1.28. The van der Waals surface area contributed by atoms with Gasteiger partial charge in [0.15, 0.2) is 4.96 Å². The summed E-state index contributed by atoms with van der Waals surface area (Å²) in [4.78, 5) is 20.8. The number of likely N-dealkylation sites (tertiary alicyclic amines) is 1. The van der Waals surface area contributed by atoms with Gasteiger partial charge in [0.2, 0.25) is 0 Å². The van der Waals surface area contributed by atoms with Crippen LogP contribution in [-0.2, 0) is 6.42 Å². The fourth-order valence-corrected chi connectivity index (χ4v) is 5.14. The Hall–Kier alpha value is -3.12. The molecule has 0 atom stereocenters. The number of nitrogens with zero attached hydrogens (tertiary/aromatic N) is 3. The molecule has 0 bridgehead atoms. The summed E-state index contributed by atoms with van der Waals surface area (Å²) in [6.07, 6.45) is 5.16. The van der Waals surface area contributed by atoms with Crippen molar-refractivity contribution in [3.63, 3.8) is 0 Å². The molecule has 1 fully saturated rings. The zero-order valence-electron chi connectivity index (χ0n) is 17.5. The molecule has 5 rings (SSSR count). The van der Waals surface area contributed by atoms with Gasteiger partial charge in [-0.3, -0.25) is 9.20 Å². The van der Waals surface area contributed by atoms with E-state index < -0.39 is 0 Å². The van der Waals surface area contributed by atoms with Crippen molar-refractivity contribution < 1.29 is 9.53 Å². The quantitative estimate of drug-likeness (QED) is 0.438. The summed E-state index contributed by atoms with van der Waals surface area (Å²) in [5.74, 6) is 1.56. The fourth-order valence-electron chi connectivity index (χ4n) is 4.29. The minimum atomic E-state index is 0.100. The second kappa shape index (κ2) is 8.55. The highest BCUT2D eigenvalue weighted by Gasteiger charge is 2.26. The number of hydrogen-bond acceptors (Lipinski definition) is 4. The van der Waals surface area contributed by atoms with Crippen molar-refractivity contribution in [2.24, 2.45) is 5.92 Å². The van der Waals surface area contributed by atoms with Gasteiger partial charge in [0, 0.05) is 30.2 Å².